The van der Waals surface area contributed by atoms with Crippen LogP contribution >= 0.6 is 7.60 Å². The average Bonchev–Trinajstić information content (AvgIpc) is 2.67. The van der Waals surface area contributed by atoms with Crippen molar-refractivity contribution in [3.05, 3.63) is 58.8 Å². The fourth-order valence-electron chi connectivity index (χ4n) is 2.18. The molecule has 0 radical (unpaired) electrons. The van der Waals surface area contributed by atoms with Crippen LogP contribution in [0.1, 0.15) is 0 Å². The molecule has 0 saturated carbocycles. The molecule has 0 fully saturated rings. The maximum absolute atomic E-state index is 12.2. The van der Waals surface area contributed by atoms with Crippen LogP contribution in [0.3, 0.4) is 0 Å². The predicted octanol–water partition coefficient (Wildman–Crippen LogP) is -8.27. The summed E-state index contributed by atoms with van der Waals surface area (Å²) in [5.41, 5.74) is -1.36. The first-order valence-electron chi connectivity index (χ1n) is 7.65. The smallest absolute Gasteiger partial charge is 0.807 e. The van der Waals surface area contributed by atoms with E-state index in [4.69, 9.17) is 38.1 Å². The second-order valence-electron chi connectivity index (χ2n) is 5.33. The summed E-state index contributed by atoms with van der Waals surface area (Å²) in [6.07, 6.45) is 0. The van der Waals surface area contributed by atoms with E-state index < -0.39 is 13.3 Å². The van der Waals surface area contributed by atoms with Crippen molar-refractivity contribution in [1.82, 2.24) is 0 Å². The van der Waals surface area contributed by atoms with E-state index in [1.54, 1.807) is 32.4 Å². The monoisotopic (exact) mass is 474 g/mol. The van der Waals surface area contributed by atoms with Crippen LogP contribution in [0.2, 0.25) is 0 Å². The number of hydrogen-bond acceptors (Lipinski definition) is 9. The molecule has 0 unspecified atom stereocenters. The van der Waals surface area contributed by atoms with Gasteiger partial charge in [0.1, 0.15) is 22.8 Å². The molecule has 0 atom stereocenters. The molecule has 0 aliphatic carbocycles. The van der Waals surface area contributed by atoms with E-state index in [9.17, 15) is 4.79 Å². The summed E-state index contributed by atoms with van der Waals surface area (Å²) in [6.45, 7) is 0. The second-order valence-corrected chi connectivity index (χ2v) is 6.69. The Balaban J connectivity index is 0. The third-order valence-corrected chi connectivity index (χ3v) is 3.96. The SMILES string of the molecule is COc1cccc(-c2cc(=O)c3ccc(OC)cc3o2)c1.O=C([O-])P(=O)([O-])[O-].[Na+].[Na+].[Na+]. The van der Waals surface area contributed by atoms with Crippen LogP contribution in [-0.4, -0.2) is 19.9 Å². The number of hydrogen-bond donors (Lipinski definition) is 0. The van der Waals surface area contributed by atoms with Crippen LogP contribution in [0.4, 0.5) is 4.79 Å². The first-order valence-corrected chi connectivity index (χ1v) is 9.20. The molecular weight excluding hydrogens is 460 g/mol. The largest absolute Gasteiger partial charge is 1.00 e. The number of fused-ring (bicyclic) bond motifs is 1. The van der Waals surface area contributed by atoms with Crippen LogP contribution in [0.25, 0.3) is 22.3 Å². The van der Waals surface area contributed by atoms with Gasteiger partial charge >= 0.3 is 88.7 Å². The minimum atomic E-state index is -5.43. The minimum Gasteiger partial charge on any atom is -0.807 e. The molecule has 13 heteroatoms. The number of carbonyl (C=O) groups excluding carboxylic acids is 1. The molecule has 0 spiro atoms. The molecule has 0 amide bonds. The average molecular weight is 474 g/mol. The van der Waals surface area contributed by atoms with Crippen LogP contribution < -0.4 is 118 Å². The maximum atomic E-state index is 12.2. The van der Waals surface area contributed by atoms with Gasteiger partial charge in [0.25, 0.3) is 0 Å². The summed E-state index contributed by atoms with van der Waals surface area (Å²) in [5, 5.41) is 9.55. The molecule has 3 aromatic rings. The predicted molar refractivity (Wildman–Crippen MR) is 94.0 cm³/mol. The van der Waals surface area contributed by atoms with Gasteiger partial charge in [0.05, 0.1) is 25.3 Å². The summed E-state index contributed by atoms with van der Waals surface area (Å²) < 4.78 is 25.3. The number of rotatable bonds is 4. The van der Waals surface area contributed by atoms with Gasteiger partial charge < -0.3 is 38.1 Å². The molecule has 3 rings (SSSR count). The summed E-state index contributed by atoms with van der Waals surface area (Å²) >= 11 is 0. The van der Waals surface area contributed by atoms with Gasteiger partial charge in [-0.1, -0.05) is 12.1 Å². The van der Waals surface area contributed by atoms with Crippen molar-refractivity contribution in [3.8, 4) is 22.8 Å². The Morgan fingerprint density at radius 2 is 1.48 bits per heavy atom. The standard InChI is InChI=1S/C17H14O4.CH3O5P.3Na/c1-19-12-5-3-4-11(8-12)16-10-15(18)14-7-6-13(20-2)9-17(14)21-16;2-1(3)7(4,5)6;;;/h3-10H,1-2H3;(H,2,3)(H2,4,5,6);;;/q;;3*+1/p-3. The summed E-state index contributed by atoms with van der Waals surface area (Å²) in [5.74, 6) is 1.86. The van der Waals surface area contributed by atoms with Gasteiger partial charge in [0.15, 0.2) is 5.43 Å². The van der Waals surface area contributed by atoms with Gasteiger partial charge in [-0.3, -0.25) is 4.79 Å². The second kappa shape index (κ2) is 14.9. The zero-order chi connectivity index (χ0) is 20.9. The summed E-state index contributed by atoms with van der Waals surface area (Å²) in [4.78, 5) is 39.5. The van der Waals surface area contributed by atoms with Crippen LogP contribution in [0.15, 0.2) is 57.7 Å². The van der Waals surface area contributed by atoms with E-state index in [0.717, 1.165) is 5.56 Å². The Morgan fingerprint density at radius 3 is 2.00 bits per heavy atom. The number of carbonyl (C=O) groups is 1. The van der Waals surface area contributed by atoms with Crippen molar-refractivity contribution in [2.45, 2.75) is 0 Å². The fourth-order valence-corrected chi connectivity index (χ4v) is 2.18. The van der Waals surface area contributed by atoms with Crippen LogP contribution in [-0.2, 0) is 4.57 Å². The molecule has 9 nitrogen and oxygen atoms in total. The van der Waals surface area contributed by atoms with E-state index >= 15 is 0 Å². The zero-order valence-electron chi connectivity index (χ0n) is 17.7. The zero-order valence-corrected chi connectivity index (χ0v) is 24.6. The van der Waals surface area contributed by atoms with E-state index in [-0.39, 0.29) is 94.1 Å². The van der Waals surface area contributed by atoms with E-state index in [1.165, 1.54) is 6.07 Å². The minimum absolute atomic E-state index is 0. The Labute approximate surface area is 244 Å². The van der Waals surface area contributed by atoms with E-state index in [0.29, 0.717) is 28.2 Å². The number of carboxylic acid groups (broad SMARTS) is 1. The Kier molecular flexibility index (Phi) is 15.9. The van der Waals surface area contributed by atoms with Gasteiger partial charge in [-0.15, -0.1) is 0 Å². The van der Waals surface area contributed by atoms with Crippen molar-refractivity contribution in [2.75, 3.05) is 14.2 Å². The Bertz CT molecular complexity index is 1110. The van der Waals surface area contributed by atoms with Gasteiger partial charge in [0, 0.05) is 17.7 Å². The molecule has 1 heterocycles. The van der Waals surface area contributed by atoms with Crippen molar-refractivity contribution >= 4 is 24.3 Å². The van der Waals surface area contributed by atoms with Crippen molar-refractivity contribution in [1.29, 1.82) is 0 Å². The van der Waals surface area contributed by atoms with Crippen molar-refractivity contribution in [3.63, 3.8) is 0 Å². The number of benzene rings is 2. The van der Waals surface area contributed by atoms with Crippen molar-refractivity contribution < 1.29 is 127 Å². The quantitative estimate of drug-likeness (QED) is 0.265. The van der Waals surface area contributed by atoms with E-state index in [2.05, 4.69) is 0 Å². The van der Waals surface area contributed by atoms with Gasteiger partial charge in [-0.2, -0.15) is 0 Å². The summed E-state index contributed by atoms with van der Waals surface area (Å²) in [6, 6.07) is 14.0. The molecule has 0 bridgehead atoms. The van der Waals surface area contributed by atoms with Gasteiger partial charge in [0.2, 0.25) is 0 Å². The molecule has 0 saturated heterocycles. The molecule has 0 aliphatic rings. The third-order valence-electron chi connectivity index (χ3n) is 3.51. The normalized spacial score (nSPS) is 9.68. The molecule has 1 aromatic heterocycles. The van der Waals surface area contributed by atoms with Gasteiger partial charge in [-0.25, -0.2) is 0 Å². The Morgan fingerprint density at radius 1 is 0.935 bits per heavy atom. The third kappa shape index (κ3) is 9.71. The molecular formula is C18H14Na3O9P. The molecule has 2 aromatic carbocycles. The first-order chi connectivity index (χ1) is 13.2. The molecule has 0 N–H and O–H groups in total. The first kappa shape index (κ1) is 33.0. The number of ether oxygens (including phenoxy) is 2. The van der Waals surface area contributed by atoms with Crippen molar-refractivity contribution in [2.24, 2.45) is 0 Å². The fraction of sp³-hybridized carbons (Fsp3) is 0.111. The van der Waals surface area contributed by atoms with Crippen LogP contribution in [0.5, 0.6) is 11.5 Å². The van der Waals surface area contributed by atoms with Gasteiger partial charge in [-0.05, 0) is 31.9 Å². The Hall–Kier alpha value is -0.130. The topological polar surface area (TPSA) is 152 Å². The van der Waals surface area contributed by atoms with E-state index in [1.807, 2.05) is 24.3 Å². The molecule has 0 aliphatic heterocycles. The number of methoxy groups -OCH3 is 2. The summed E-state index contributed by atoms with van der Waals surface area (Å²) in [7, 11) is -2.26. The molecule has 148 valence electrons. The maximum Gasteiger partial charge on any atom is 1.00 e. The van der Waals surface area contributed by atoms with Crippen LogP contribution in [0, 0.1) is 0 Å². The molecule has 31 heavy (non-hydrogen) atoms.